The summed E-state index contributed by atoms with van der Waals surface area (Å²) in [6, 6.07) is 8.21. The number of amides is 1. The van der Waals surface area contributed by atoms with Crippen molar-refractivity contribution in [3.8, 4) is 0 Å². The number of nitrogens with one attached hydrogen (secondary N) is 1. The topological polar surface area (TPSA) is 55.4 Å². The van der Waals surface area contributed by atoms with Gasteiger partial charge in [-0.3, -0.25) is 4.79 Å². The van der Waals surface area contributed by atoms with Crippen LogP contribution in [0.25, 0.3) is 0 Å². The number of rotatable bonds is 4. The molecule has 1 atom stereocenters. The Morgan fingerprint density at radius 2 is 1.83 bits per heavy atom. The molecule has 4 heteroatoms. The third kappa shape index (κ3) is 4.05. The average molecular weight is 247 g/mol. The van der Waals surface area contributed by atoms with Gasteiger partial charge in [0.05, 0.1) is 7.11 Å². The number of carbonyl (C=O) groups is 2. The minimum Gasteiger partial charge on any atom is -0.467 e. The van der Waals surface area contributed by atoms with Crippen molar-refractivity contribution >= 4 is 11.9 Å². The van der Waals surface area contributed by atoms with Gasteiger partial charge in [0, 0.05) is 6.08 Å². The normalized spacial score (nSPS) is 11.3. The fourth-order valence-corrected chi connectivity index (χ4v) is 1.49. The first-order valence-electron chi connectivity index (χ1n) is 5.62. The number of ether oxygens (including phenoxy) is 1. The monoisotopic (exact) mass is 247 g/mol. The van der Waals surface area contributed by atoms with Crippen molar-refractivity contribution in [2.24, 2.45) is 0 Å². The maximum atomic E-state index is 11.7. The van der Waals surface area contributed by atoms with Crippen LogP contribution in [0, 0.1) is 0 Å². The zero-order chi connectivity index (χ0) is 13.5. The number of esters is 1. The number of carbonyl (C=O) groups excluding carboxylic acids is 2. The van der Waals surface area contributed by atoms with Gasteiger partial charge in [0.2, 0.25) is 5.91 Å². The van der Waals surface area contributed by atoms with Crippen molar-refractivity contribution in [1.82, 2.24) is 5.32 Å². The lowest BCUT2D eigenvalue weighted by Crippen LogP contribution is -2.33. The molecular weight excluding hydrogens is 230 g/mol. The van der Waals surface area contributed by atoms with E-state index in [0.29, 0.717) is 5.56 Å². The second kappa shape index (κ2) is 6.59. The Hall–Kier alpha value is -2.10. The molecule has 1 rings (SSSR count). The largest absolute Gasteiger partial charge is 0.467 e. The first-order chi connectivity index (χ1) is 8.54. The van der Waals surface area contributed by atoms with Crippen molar-refractivity contribution in [1.29, 1.82) is 0 Å². The Morgan fingerprint density at radius 3 is 2.33 bits per heavy atom. The summed E-state index contributed by atoms with van der Waals surface area (Å²) in [6.45, 7) is 3.63. The Morgan fingerprint density at radius 1 is 1.22 bits per heavy atom. The molecule has 1 aromatic rings. The van der Waals surface area contributed by atoms with Crippen LogP contribution in [0.15, 0.2) is 42.0 Å². The third-order valence-electron chi connectivity index (χ3n) is 2.28. The number of methoxy groups -OCH3 is 1. The highest BCUT2D eigenvalue weighted by Gasteiger charge is 2.22. The summed E-state index contributed by atoms with van der Waals surface area (Å²) in [5, 5.41) is 2.63. The van der Waals surface area contributed by atoms with E-state index in [1.165, 1.54) is 13.2 Å². The Bertz CT molecular complexity index is 447. The summed E-state index contributed by atoms with van der Waals surface area (Å²) in [6.07, 6.45) is 1.44. The lowest BCUT2D eigenvalue weighted by atomic mass is 10.1. The van der Waals surface area contributed by atoms with E-state index in [4.69, 9.17) is 4.74 Å². The quantitative estimate of drug-likeness (QED) is 0.654. The minimum atomic E-state index is -0.778. The van der Waals surface area contributed by atoms with E-state index in [2.05, 4.69) is 5.32 Å². The predicted octanol–water partition coefficient (Wildman–Crippen LogP) is 1.98. The van der Waals surface area contributed by atoms with E-state index < -0.39 is 12.0 Å². The maximum Gasteiger partial charge on any atom is 0.333 e. The summed E-state index contributed by atoms with van der Waals surface area (Å²) in [7, 11) is 1.30. The molecule has 4 nitrogen and oxygen atoms in total. The molecule has 96 valence electrons. The molecule has 0 saturated carbocycles. The first-order valence-corrected chi connectivity index (χ1v) is 5.62. The van der Waals surface area contributed by atoms with Crippen LogP contribution in [0.2, 0.25) is 0 Å². The minimum absolute atomic E-state index is 0.311. The molecular formula is C14H17NO3. The molecule has 1 N–H and O–H groups in total. The molecule has 0 spiro atoms. The third-order valence-corrected chi connectivity index (χ3v) is 2.28. The molecule has 0 aliphatic carbocycles. The molecule has 0 radical (unpaired) electrons. The van der Waals surface area contributed by atoms with Crippen LogP contribution in [0.4, 0.5) is 0 Å². The van der Waals surface area contributed by atoms with Crippen molar-refractivity contribution in [2.45, 2.75) is 19.9 Å². The summed E-state index contributed by atoms with van der Waals surface area (Å²) in [5.74, 6) is -0.800. The van der Waals surface area contributed by atoms with Crippen molar-refractivity contribution < 1.29 is 14.3 Å². The maximum absolute atomic E-state index is 11.7. The highest BCUT2D eigenvalue weighted by Crippen LogP contribution is 2.14. The summed E-state index contributed by atoms with van der Waals surface area (Å²) in [5.41, 5.74) is 1.56. The first kappa shape index (κ1) is 14.0. The number of benzene rings is 1. The van der Waals surface area contributed by atoms with E-state index >= 15 is 0 Å². The van der Waals surface area contributed by atoms with Gasteiger partial charge in [0.25, 0.3) is 0 Å². The second-order valence-electron chi connectivity index (χ2n) is 4.10. The standard InChI is InChI=1S/C14H17NO3/c1-10(2)9-12(16)15-13(14(17)18-3)11-7-5-4-6-8-11/h4-9,13H,1-3H3,(H,15,16). The second-order valence-corrected chi connectivity index (χ2v) is 4.10. The van der Waals surface area contributed by atoms with Crippen molar-refractivity contribution in [2.75, 3.05) is 7.11 Å². The predicted molar refractivity (Wildman–Crippen MR) is 68.8 cm³/mol. The summed E-state index contributed by atoms with van der Waals surface area (Å²) < 4.78 is 4.70. The SMILES string of the molecule is COC(=O)C(NC(=O)C=C(C)C)c1ccccc1. The molecule has 0 aromatic heterocycles. The lowest BCUT2D eigenvalue weighted by molar-refractivity contribution is -0.144. The van der Waals surface area contributed by atoms with E-state index in [0.717, 1.165) is 5.57 Å². The molecule has 0 aliphatic rings. The van der Waals surface area contributed by atoms with Crippen LogP contribution < -0.4 is 5.32 Å². The Balaban J connectivity index is 2.91. The van der Waals surface area contributed by atoms with E-state index in [1.54, 1.807) is 24.3 Å². The van der Waals surface area contributed by atoms with Crippen molar-refractivity contribution in [3.05, 3.63) is 47.5 Å². The van der Waals surface area contributed by atoms with E-state index in [1.807, 2.05) is 19.9 Å². The Labute approximate surface area is 107 Å². The number of hydrogen-bond acceptors (Lipinski definition) is 3. The fraction of sp³-hybridized carbons (Fsp3) is 0.286. The van der Waals surface area contributed by atoms with Gasteiger partial charge in [-0.2, -0.15) is 0 Å². The van der Waals surface area contributed by atoms with Gasteiger partial charge < -0.3 is 10.1 Å². The van der Waals surface area contributed by atoms with Gasteiger partial charge in [0.15, 0.2) is 6.04 Å². The molecule has 0 fully saturated rings. The van der Waals surface area contributed by atoms with Gasteiger partial charge in [0.1, 0.15) is 0 Å². The zero-order valence-corrected chi connectivity index (χ0v) is 10.8. The molecule has 1 unspecified atom stereocenters. The van der Waals surface area contributed by atoms with Gasteiger partial charge in [-0.05, 0) is 19.4 Å². The smallest absolute Gasteiger partial charge is 0.333 e. The van der Waals surface area contributed by atoms with Crippen LogP contribution >= 0.6 is 0 Å². The molecule has 0 saturated heterocycles. The van der Waals surface area contributed by atoms with Crippen LogP contribution in [0.3, 0.4) is 0 Å². The van der Waals surface area contributed by atoms with Gasteiger partial charge in [-0.1, -0.05) is 35.9 Å². The van der Waals surface area contributed by atoms with Crippen LogP contribution in [0.1, 0.15) is 25.5 Å². The van der Waals surface area contributed by atoms with Crippen LogP contribution in [-0.4, -0.2) is 19.0 Å². The van der Waals surface area contributed by atoms with Gasteiger partial charge in [-0.15, -0.1) is 0 Å². The van der Waals surface area contributed by atoms with E-state index in [9.17, 15) is 9.59 Å². The van der Waals surface area contributed by atoms with Crippen molar-refractivity contribution in [3.63, 3.8) is 0 Å². The van der Waals surface area contributed by atoms with Crippen LogP contribution in [-0.2, 0) is 14.3 Å². The fourth-order valence-electron chi connectivity index (χ4n) is 1.49. The van der Waals surface area contributed by atoms with E-state index in [-0.39, 0.29) is 5.91 Å². The molecule has 0 bridgehead atoms. The Kier molecular flexibility index (Phi) is 5.11. The molecule has 1 amide bonds. The average Bonchev–Trinajstić information content (AvgIpc) is 2.35. The highest BCUT2D eigenvalue weighted by atomic mass is 16.5. The molecule has 0 heterocycles. The number of hydrogen-bond donors (Lipinski definition) is 1. The lowest BCUT2D eigenvalue weighted by Gasteiger charge is -2.15. The molecule has 0 aliphatic heterocycles. The summed E-state index contributed by atoms with van der Waals surface area (Å²) in [4.78, 5) is 23.3. The zero-order valence-electron chi connectivity index (χ0n) is 10.8. The van der Waals surface area contributed by atoms with Gasteiger partial charge in [-0.25, -0.2) is 4.79 Å². The summed E-state index contributed by atoms with van der Waals surface area (Å²) >= 11 is 0. The highest BCUT2D eigenvalue weighted by molar-refractivity contribution is 5.92. The molecule has 18 heavy (non-hydrogen) atoms. The van der Waals surface area contributed by atoms with Gasteiger partial charge >= 0.3 is 5.97 Å². The number of allylic oxidation sites excluding steroid dienone is 1. The van der Waals surface area contributed by atoms with Crippen LogP contribution in [0.5, 0.6) is 0 Å². The molecule has 1 aromatic carbocycles.